The number of anilines is 2. The average molecular weight is 543 g/mol. The summed E-state index contributed by atoms with van der Waals surface area (Å²) in [7, 11) is 0. The summed E-state index contributed by atoms with van der Waals surface area (Å²) in [5.74, 6) is -0.829. The van der Waals surface area contributed by atoms with E-state index in [4.69, 9.17) is 16.3 Å². The van der Waals surface area contributed by atoms with E-state index < -0.39 is 11.9 Å². The summed E-state index contributed by atoms with van der Waals surface area (Å²) < 4.78 is 19.1. The largest absolute Gasteiger partial charge is 0.379 e. The summed E-state index contributed by atoms with van der Waals surface area (Å²) in [6, 6.07) is 11.4. The Kier molecular flexibility index (Phi) is 8.23. The van der Waals surface area contributed by atoms with Crippen LogP contribution < -0.4 is 10.2 Å². The van der Waals surface area contributed by atoms with E-state index in [0.717, 1.165) is 51.5 Å². The highest BCUT2D eigenvalue weighted by atomic mass is 35.5. The molecule has 3 aliphatic rings. The predicted molar refractivity (Wildman–Crippen MR) is 145 cm³/mol. The van der Waals surface area contributed by atoms with Gasteiger partial charge in [-0.3, -0.25) is 24.3 Å². The van der Waals surface area contributed by atoms with Crippen molar-refractivity contribution in [2.24, 2.45) is 4.99 Å². The molecule has 202 valence electrons. The van der Waals surface area contributed by atoms with Gasteiger partial charge in [-0.15, -0.1) is 0 Å². The molecule has 0 bridgehead atoms. The van der Waals surface area contributed by atoms with Crippen molar-refractivity contribution in [3.05, 3.63) is 58.9 Å². The standard InChI is InChI=1S/C27H32ClFN6O3/c1-2-19-3-6-21(7-4-19)34-17-33(10-9-32-11-13-38-14-12-32)18-35-24(16-25(36)31-27(34)35)26(37)30-20-5-8-23(29)22(28)15-20/h3-8,15,24H,2,9-14,16-18H2,1H3,(H,30,37)/t24-/m1/s1. The van der Waals surface area contributed by atoms with Crippen LogP contribution in [0.15, 0.2) is 47.5 Å². The van der Waals surface area contributed by atoms with Gasteiger partial charge in [-0.2, -0.15) is 4.99 Å². The Bertz CT molecular complexity index is 1200. The van der Waals surface area contributed by atoms with E-state index in [-0.39, 0.29) is 23.3 Å². The maximum Gasteiger partial charge on any atom is 0.251 e. The lowest BCUT2D eigenvalue weighted by atomic mass is 10.1. The van der Waals surface area contributed by atoms with Gasteiger partial charge in [0.1, 0.15) is 11.9 Å². The van der Waals surface area contributed by atoms with Gasteiger partial charge in [0.2, 0.25) is 11.9 Å². The van der Waals surface area contributed by atoms with Crippen molar-refractivity contribution in [3.8, 4) is 0 Å². The zero-order valence-corrected chi connectivity index (χ0v) is 22.2. The first-order chi connectivity index (χ1) is 18.4. The van der Waals surface area contributed by atoms with E-state index in [1.807, 2.05) is 21.9 Å². The number of fused-ring (bicyclic) bond motifs is 1. The van der Waals surface area contributed by atoms with Crippen molar-refractivity contribution >= 4 is 40.7 Å². The minimum Gasteiger partial charge on any atom is -0.379 e. The van der Waals surface area contributed by atoms with Crippen LogP contribution in [-0.4, -0.2) is 91.2 Å². The van der Waals surface area contributed by atoms with E-state index in [2.05, 4.69) is 39.2 Å². The quantitative estimate of drug-likeness (QED) is 0.576. The number of halogens is 2. The highest BCUT2D eigenvalue weighted by Gasteiger charge is 2.41. The fourth-order valence-electron chi connectivity index (χ4n) is 4.93. The van der Waals surface area contributed by atoms with Gasteiger partial charge in [0.15, 0.2) is 0 Å². The van der Waals surface area contributed by atoms with Gasteiger partial charge < -0.3 is 15.0 Å². The summed E-state index contributed by atoms with van der Waals surface area (Å²) >= 11 is 5.91. The molecule has 3 aliphatic heterocycles. The third-order valence-corrected chi connectivity index (χ3v) is 7.43. The smallest absolute Gasteiger partial charge is 0.251 e. The Morgan fingerprint density at radius 2 is 1.84 bits per heavy atom. The van der Waals surface area contributed by atoms with Crippen LogP contribution in [0.3, 0.4) is 0 Å². The first-order valence-electron chi connectivity index (χ1n) is 12.9. The predicted octanol–water partition coefficient (Wildman–Crippen LogP) is 3.01. The Labute approximate surface area is 226 Å². The number of carbonyl (C=O) groups is 2. The molecule has 0 radical (unpaired) electrons. The molecule has 0 spiro atoms. The SMILES string of the molecule is CCc1ccc(N2CN(CCN3CCOCC3)CN3C2=NC(=O)C[C@@H]3C(=O)Nc2ccc(F)c(Cl)c2)cc1. The van der Waals surface area contributed by atoms with Crippen LogP contribution in [0.2, 0.25) is 5.02 Å². The summed E-state index contributed by atoms with van der Waals surface area (Å²) in [5, 5.41) is 2.72. The number of benzene rings is 2. The molecule has 38 heavy (non-hydrogen) atoms. The molecule has 0 saturated carbocycles. The molecular weight excluding hydrogens is 511 g/mol. The Morgan fingerprint density at radius 3 is 2.55 bits per heavy atom. The summed E-state index contributed by atoms with van der Waals surface area (Å²) in [5.41, 5.74) is 2.48. The van der Waals surface area contributed by atoms with Crippen molar-refractivity contribution in [2.45, 2.75) is 25.8 Å². The van der Waals surface area contributed by atoms with E-state index in [1.165, 1.54) is 23.8 Å². The van der Waals surface area contributed by atoms with Crippen molar-refractivity contribution in [3.63, 3.8) is 0 Å². The highest BCUT2D eigenvalue weighted by molar-refractivity contribution is 6.31. The summed E-state index contributed by atoms with van der Waals surface area (Å²) in [6.07, 6.45) is 0.872. The second-order valence-corrected chi connectivity index (χ2v) is 10.1. The minimum absolute atomic E-state index is 0.0514. The first kappa shape index (κ1) is 26.6. The fraction of sp³-hybridized carbons (Fsp3) is 0.444. The topological polar surface area (TPSA) is 80.7 Å². The lowest BCUT2D eigenvalue weighted by Crippen LogP contribution is -2.66. The number of rotatable bonds is 7. The van der Waals surface area contributed by atoms with Gasteiger partial charge in [-0.25, -0.2) is 4.39 Å². The molecular formula is C27H32ClFN6O3. The number of guanidine groups is 1. The highest BCUT2D eigenvalue weighted by Crippen LogP contribution is 2.27. The third-order valence-electron chi connectivity index (χ3n) is 7.14. The lowest BCUT2D eigenvalue weighted by molar-refractivity contribution is -0.127. The Morgan fingerprint density at radius 1 is 1.11 bits per heavy atom. The lowest BCUT2D eigenvalue weighted by Gasteiger charge is -2.48. The molecule has 0 unspecified atom stereocenters. The van der Waals surface area contributed by atoms with Gasteiger partial charge in [0.25, 0.3) is 5.91 Å². The molecule has 1 N–H and O–H groups in total. The van der Waals surface area contributed by atoms with Gasteiger partial charge >= 0.3 is 0 Å². The number of aryl methyl sites for hydroxylation is 1. The number of hydrogen-bond acceptors (Lipinski definition) is 7. The molecule has 9 nitrogen and oxygen atoms in total. The molecule has 2 aromatic rings. The monoisotopic (exact) mass is 542 g/mol. The molecule has 3 heterocycles. The molecule has 2 fully saturated rings. The van der Waals surface area contributed by atoms with Crippen LogP contribution in [-0.2, 0) is 20.7 Å². The van der Waals surface area contributed by atoms with Gasteiger partial charge in [-0.05, 0) is 42.3 Å². The van der Waals surface area contributed by atoms with Crippen LogP contribution in [0.25, 0.3) is 0 Å². The van der Waals surface area contributed by atoms with Crippen LogP contribution in [0.4, 0.5) is 15.8 Å². The van der Waals surface area contributed by atoms with Crippen LogP contribution in [0, 0.1) is 5.82 Å². The van der Waals surface area contributed by atoms with Gasteiger partial charge in [0.05, 0.1) is 38.0 Å². The maximum atomic E-state index is 13.6. The second-order valence-electron chi connectivity index (χ2n) is 9.69. The third kappa shape index (κ3) is 5.99. The van der Waals surface area contributed by atoms with Gasteiger partial charge in [-0.1, -0.05) is 30.7 Å². The molecule has 2 aromatic carbocycles. The average Bonchev–Trinajstić information content (AvgIpc) is 2.94. The van der Waals surface area contributed by atoms with Crippen molar-refractivity contribution < 1.29 is 18.7 Å². The zero-order valence-electron chi connectivity index (χ0n) is 21.4. The summed E-state index contributed by atoms with van der Waals surface area (Å²) in [6.45, 7) is 8.00. The molecule has 0 aromatic heterocycles. The summed E-state index contributed by atoms with van der Waals surface area (Å²) in [4.78, 5) is 39.1. The number of aliphatic imine (C=N–C) groups is 1. The Balaban J connectivity index is 1.40. The number of carbonyl (C=O) groups excluding carboxylic acids is 2. The van der Waals surface area contributed by atoms with Crippen molar-refractivity contribution in [2.75, 3.05) is 62.9 Å². The van der Waals surface area contributed by atoms with Crippen molar-refractivity contribution in [1.29, 1.82) is 0 Å². The minimum atomic E-state index is -0.776. The Hall–Kier alpha value is -3.05. The molecule has 0 aliphatic carbocycles. The van der Waals surface area contributed by atoms with Crippen molar-refractivity contribution in [1.82, 2.24) is 14.7 Å². The number of nitrogens with one attached hydrogen (secondary N) is 1. The van der Waals surface area contributed by atoms with Crippen LogP contribution in [0.5, 0.6) is 0 Å². The normalized spacial score (nSPS) is 20.8. The fourth-order valence-corrected chi connectivity index (χ4v) is 5.11. The maximum absolute atomic E-state index is 13.6. The number of amides is 2. The molecule has 2 amide bonds. The number of ether oxygens (including phenoxy) is 1. The molecule has 1 atom stereocenters. The zero-order chi connectivity index (χ0) is 26.6. The molecule has 2 saturated heterocycles. The van der Waals surface area contributed by atoms with Crippen LogP contribution >= 0.6 is 11.6 Å². The van der Waals surface area contributed by atoms with Crippen LogP contribution in [0.1, 0.15) is 18.9 Å². The number of nitrogens with zero attached hydrogens (tertiary/aromatic N) is 5. The number of hydrogen-bond donors (Lipinski definition) is 1. The molecule has 11 heteroatoms. The van der Waals surface area contributed by atoms with E-state index in [9.17, 15) is 14.0 Å². The van der Waals surface area contributed by atoms with E-state index >= 15 is 0 Å². The first-order valence-corrected chi connectivity index (χ1v) is 13.3. The van der Waals surface area contributed by atoms with E-state index in [0.29, 0.717) is 25.0 Å². The molecule has 5 rings (SSSR count). The number of morpholine rings is 1. The van der Waals surface area contributed by atoms with Gasteiger partial charge in [0, 0.05) is 37.6 Å². The second kappa shape index (κ2) is 11.8. The van der Waals surface area contributed by atoms with E-state index in [1.54, 1.807) is 0 Å².